The van der Waals surface area contributed by atoms with Gasteiger partial charge in [-0.05, 0) is 42.5 Å². The highest BCUT2D eigenvalue weighted by Crippen LogP contribution is 2.31. The van der Waals surface area contributed by atoms with Crippen molar-refractivity contribution in [1.29, 1.82) is 0 Å². The van der Waals surface area contributed by atoms with E-state index in [0.717, 1.165) is 0 Å². The monoisotopic (exact) mass is 455 g/mol. The Morgan fingerprint density at radius 2 is 1.77 bits per heavy atom. The van der Waals surface area contributed by atoms with E-state index in [4.69, 9.17) is 9.47 Å². The molecule has 0 radical (unpaired) electrons. The number of benzene rings is 2. The van der Waals surface area contributed by atoms with Crippen molar-refractivity contribution in [3.05, 3.63) is 53.9 Å². The first-order chi connectivity index (χ1) is 14.5. The molecule has 1 amide bonds. The van der Waals surface area contributed by atoms with Crippen LogP contribution in [0.5, 0.6) is 11.5 Å². The number of alkyl halides is 3. The molecule has 164 valence electrons. The van der Waals surface area contributed by atoms with Crippen LogP contribution in [0.3, 0.4) is 0 Å². The van der Waals surface area contributed by atoms with Crippen LogP contribution in [0.4, 0.5) is 13.2 Å². The number of aromatic nitrogens is 2. The molecule has 1 heterocycles. The van der Waals surface area contributed by atoms with Crippen LogP contribution in [0.15, 0.2) is 56.2 Å². The predicted molar refractivity (Wildman–Crippen MR) is 103 cm³/mol. The summed E-state index contributed by atoms with van der Waals surface area (Å²) in [5.41, 5.74) is 0.0916. The highest BCUT2D eigenvalue weighted by atomic mass is 32.2. The van der Waals surface area contributed by atoms with Gasteiger partial charge in [0.25, 0.3) is 5.91 Å². The molecule has 1 aromatic heterocycles. The van der Waals surface area contributed by atoms with Crippen molar-refractivity contribution < 1.29 is 36.2 Å². The van der Waals surface area contributed by atoms with Crippen molar-refractivity contribution in [1.82, 2.24) is 10.1 Å². The van der Waals surface area contributed by atoms with Crippen LogP contribution < -0.4 is 9.47 Å². The lowest BCUT2D eigenvalue weighted by molar-refractivity contribution is -0.159. The van der Waals surface area contributed by atoms with Gasteiger partial charge in [0.15, 0.2) is 0 Å². The van der Waals surface area contributed by atoms with Gasteiger partial charge in [0, 0.05) is 16.7 Å². The van der Waals surface area contributed by atoms with Crippen molar-refractivity contribution >= 4 is 15.6 Å². The molecule has 1 atom stereocenters. The number of nitrogens with zero attached hydrogens (tertiary/aromatic N) is 3. The second-order valence-corrected chi connectivity index (χ2v) is 8.47. The lowest BCUT2D eigenvalue weighted by atomic mass is 10.1. The lowest BCUT2D eigenvalue weighted by Crippen LogP contribution is -2.06. The molecule has 31 heavy (non-hydrogen) atoms. The smallest absolute Gasteiger partial charge is 0.471 e. The number of hydrogen-bond donors (Lipinski definition) is 0. The molecule has 0 fully saturated rings. The first-order valence-electron chi connectivity index (χ1n) is 8.55. The molecular weight excluding hydrogens is 439 g/mol. The van der Waals surface area contributed by atoms with E-state index < -0.39 is 27.7 Å². The molecule has 3 rings (SSSR count). The zero-order chi connectivity index (χ0) is 22.8. The van der Waals surface area contributed by atoms with Gasteiger partial charge in [-0.25, -0.2) is 4.21 Å². The fourth-order valence-corrected chi connectivity index (χ4v) is 3.71. The molecule has 0 aliphatic rings. The molecule has 0 saturated carbocycles. The summed E-state index contributed by atoms with van der Waals surface area (Å²) in [4.78, 5) is 16.3. The number of halogens is 3. The summed E-state index contributed by atoms with van der Waals surface area (Å²) in [6.45, 7) is 0. The van der Waals surface area contributed by atoms with Crippen molar-refractivity contribution in [3.8, 4) is 22.9 Å². The minimum absolute atomic E-state index is 0.00506. The van der Waals surface area contributed by atoms with Crippen molar-refractivity contribution in [3.63, 3.8) is 0 Å². The first-order valence-corrected chi connectivity index (χ1v) is 10.5. The highest BCUT2D eigenvalue weighted by Gasteiger charge is 2.38. The topological polar surface area (TPSA) is 104 Å². The molecule has 0 aliphatic carbocycles. The minimum Gasteiger partial charge on any atom is -0.497 e. The van der Waals surface area contributed by atoms with Gasteiger partial charge in [-0.2, -0.15) is 22.5 Å². The Morgan fingerprint density at radius 3 is 2.32 bits per heavy atom. The summed E-state index contributed by atoms with van der Waals surface area (Å²) < 4.78 is 69.2. The Balaban J connectivity index is 1.95. The quantitative estimate of drug-likeness (QED) is 0.571. The number of hydrogen-bond acceptors (Lipinski definition) is 7. The van der Waals surface area contributed by atoms with Gasteiger partial charge < -0.3 is 14.0 Å². The molecule has 1 unspecified atom stereocenters. The van der Waals surface area contributed by atoms with E-state index in [1.165, 1.54) is 50.8 Å². The molecule has 0 saturated heterocycles. The molecule has 12 heteroatoms. The van der Waals surface area contributed by atoms with Crippen molar-refractivity contribution in [2.75, 3.05) is 20.5 Å². The van der Waals surface area contributed by atoms with Crippen LogP contribution in [0.2, 0.25) is 0 Å². The minimum atomic E-state index is -4.78. The number of rotatable bonds is 5. The summed E-state index contributed by atoms with van der Waals surface area (Å²) in [6.07, 6.45) is -3.47. The highest BCUT2D eigenvalue weighted by molar-refractivity contribution is 7.93. The Hall–Kier alpha value is -3.41. The average molecular weight is 455 g/mol. The van der Waals surface area contributed by atoms with E-state index in [1.807, 2.05) is 0 Å². The van der Waals surface area contributed by atoms with E-state index in [9.17, 15) is 22.2 Å². The zero-order valence-electron chi connectivity index (χ0n) is 16.5. The van der Waals surface area contributed by atoms with Crippen molar-refractivity contribution in [2.24, 2.45) is 4.36 Å². The Kier molecular flexibility index (Phi) is 6.02. The summed E-state index contributed by atoms with van der Waals surface area (Å²) in [5.74, 6) is -2.11. The molecule has 0 N–H and O–H groups in total. The number of ether oxygens (including phenoxy) is 2. The third-order valence-electron chi connectivity index (χ3n) is 4.11. The molecule has 2 aromatic carbocycles. The van der Waals surface area contributed by atoms with Crippen LogP contribution in [0, 0.1) is 0 Å². The zero-order valence-corrected chi connectivity index (χ0v) is 17.3. The SMILES string of the molecule is COc1ccc(S(C)(=O)=NC(=O)c2ccc(-c3noc(C(F)(F)F)n3)cc2OC)cc1. The summed E-state index contributed by atoms with van der Waals surface area (Å²) in [5, 5.41) is 3.29. The average Bonchev–Trinajstić information content (AvgIpc) is 3.24. The number of methoxy groups -OCH3 is 2. The summed E-state index contributed by atoms with van der Waals surface area (Å²) in [6, 6.07) is 10.1. The molecular formula is C19H16F3N3O5S. The van der Waals surface area contributed by atoms with E-state index >= 15 is 0 Å². The second-order valence-electron chi connectivity index (χ2n) is 6.21. The van der Waals surface area contributed by atoms with Crippen LogP contribution in [-0.4, -0.2) is 40.7 Å². The first kappa shape index (κ1) is 22.3. The van der Waals surface area contributed by atoms with E-state index in [0.29, 0.717) is 10.6 Å². The largest absolute Gasteiger partial charge is 0.497 e. The van der Waals surface area contributed by atoms with Gasteiger partial charge in [-0.3, -0.25) is 4.79 Å². The third kappa shape index (κ3) is 4.85. The van der Waals surface area contributed by atoms with Gasteiger partial charge in [0.1, 0.15) is 11.5 Å². The van der Waals surface area contributed by atoms with Gasteiger partial charge in [-0.1, -0.05) is 5.16 Å². The summed E-state index contributed by atoms with van der Waals surface area (Å²) >= 11 is 0. The second kappa shape index (κ2) is 8.38. The lowest BCUT2D eigenvalue weighted by Gasteiger charge is -2.09. The van der Waals surface area contributed by atoms with E-state index in [2.05, 4.69) is 19.0 Å². The predicted octanol–water partition coefficient (Wildman–Crippen LogP) is 4.07. The number of carbonyl (C=O) groups excluding carboxylic acids is 1. The van der Waals surface area contributed by atoms with Crippen LogP contribution in [0.25, 0.3) is 11.4 Å². The molecule has 8 nitrogen and oxygen atoms in total. The van der Waals surface area contributed by atoms with Crippen LogP contribution >= 0.6 is 0 Å². The number of carbonyl (C=O) groups is 1. The van der Waals surface area contributed by atoms with Gasteiger partial charge in [0.2, 0.25) is 5.82 Å². The standard InChI is InChI=1S/C19H16F3N3O5S/c1-28-12-5-7-13(8-6-12)31(3,27)25-17(26)14-9-4-11(10-15(14)29-2)16-23-18(30-24-16)19(20,21)22/h4-10H,1-3H3. The van der Waals surface area contributed by atoms with Crippen molar-refractivity contribution in [2.45, 2.75) is 11.1 Å². The fourth-order valence-electron chi connectivity index (χ4n) is 2.55. The Labute approximate surface area is 175 Å². The normalized spacial score (nSPS) is 13.4. The number of amides is 1. The van der Waals surface area contributed by atoms with E-state index in [1.54, 1.807) is 12.1 Å². The van der Waals surface area contributed by atoms with Crippen LogP contribution in [0.1, 0.15) is 16.2 Å². The summed E-state index contributed by atoms with van der Waals surface area (Å²) in [7, 11) is -0.333. The Bertz CT molecular complexity index is 1230. The third-order valence-corrected chi connectivity index (χ3v) is 5.77. The van der Waals surface area contributed by atoms with E-state index in [-0.39, 0.29) is 22.7 Å². The fraction of sp³-hybridized carbons (Fsp3) is 0.211. The Morgan fingerprint density at radius 1 is 1.10 bits per heavy atom. The van der Waals surface area contributed by atoms with Gasteiger partial charge in [0.05, 0.1) is 29.5 Å². The molecule has 0 bridgehead atoms. The molecule has 3 aromatic rings. The maximum atomic E-state index is 12.9. The maximum absolute atomic E-state index is 12.9. The molecule has 0 aliphatic heterocycles. The van der Waals surface area contributed by atoms with Crippen LogP contribution in [-0.2, 0) is 15.9 Å². The maximum Gasteiger partial charge on any atom is 0.471 e. The van der Waals surface area contributed by atoms with Gasteiger partial charge >= 0.3 is 12.1 Å². The van der Waals surface area contributed by atoms with Gasteiger partial charge in [-0.15, -0.1) is 0 Å². The molecule has 0 spiro atoms.